The molecule has 0 saturated carbocycles. The Bertz CT molecular complexity index is 390. The number of carbonyl (C=O) groups is 1. The number of carbonyl (C=O) groups excluding carboxylic acids is 1. The van der Waals surface area contributed by atoms with E-state index in [4.69, 9.17) is 4.74 Å². The van der Waals surface area contributed by atoms with Gasteiger partial charge in [0.05, 0.1) is 12.4 Å². The zero-order valence-electron chi connectivity index (χ0n) is 12.1. The van der Waals surface area contributed by atoms with E-state index in [1.165, 1.54) is 0 Å². The van der Waals surface area contributed by atoms with Crippen molar-refractivity contribution in [2.24, 2.45) is 5.92 Å². The molecule has 3 nitrogen and oxygen atoms in total. The maximum atomic E-state index is 11.9. The summed E-state index contributed by atoms with van der Waals surface area (Å²) in [5.74, 6) is 1.55. The molecule has 4 heteroatoms. The molecule has 0 saturated heterocycles. The van der Waals surface area contributed by atoms with Crippen molar-refractivity contribution in [3.8, 4) is 5.75 Å². The normalized spacial score (nSPS) is 12.3. The molecule has 0 aromatic heterocycles. The fourth-order valence-electron chi connectivity index (χ4n) is 1.54. The lowest BCUT2D eigenvalue weighted by molar-refractivity contribution is -0.120. The third-order valence-corrected chi connectivity index (χ3v) is 3.87. The summed E-state index contributed by atoms with van der Waals surface area (Å²) < 4.78 is 5.11. The molecule has 1 rings (SSSR count). The van der Waals surface area contributed by atoms with E-state index in [0.29, 0.717) is 5.92 Å². The van der Waals surface area contributed by atoms with Crippen molar-refractivity contribution in [3.05, 3.63) is 24.3 Å². The van der Waals surface area contributed by atoms with Gasteiger partial charge in [-0.2, -0.15) is 0 Å². The van der Waals surface area contributed by atoms with Crippen LogP contribution in [0.15, 0.2) is 29.2 Å². The summed E-state index contributed by atoms with van der Waals surface area (Å²) in [5.41, 5.74) is 0. The molecule has 19 heavy (non-hydrogen) atoms. The highest BCUT2D eigenvalue weighted by Crippen LogP contribution is 2.25. The van der Waals surface area contributed by atoms with Crippen molar-refractivity contribution in [2.45, 2.75) is 37.3 Å². The summed E-state index contributed by atoms with van der Waals surface area (Å²) >= 11 is 1.56. The van der Waals surface area contributed by atoms with Gasteiger partial charge >= 0.3 is 0 Å². The zero-order valence-corrected chi connectivity index (χ0v) is 12.9. The maximum Gasteiger partial charge on any atom is 0.233 e. The van der Waals surface area contributed by atoms with Crippen LogP contribution in [0.5, 0.6) is 5.75 Å². The molecule has 1 atom stereocenters. The van der Waals surface area contributed by atoms with Crippen LogP contribution < -0.4 is 10.1 Å². The Morgan fingerprint density at radius 3 is 2.42 bits per heavy atom. The number of amides is 1. The average molecular weight is 281 g/mol. The fraction of sp³-hybridized carbons (Fsp3) is 0.533. The first kappa shape index (κ1) is 15.9. The Balaban J connectivity index is 2.40. The second-order valence-electron chi connectivity index (χ2n) is 4.91. The van der Waals surface area contributed by atoms with Crippen LogP contribution in [-0.4, -0.2) is 24.8 Å². The predicted molar refractivity (Wildman–Crippen MR) is 80.8 cm³/mol. The van der Waals surface area contributed by atoms with Gasteiger partial charge in [-0.15, -0.1) is 11.8 Å². The lowest BCUT2D eigenvalue weighted by Crippen LogP contribution is -2.32. The Morgan fingerprint density at radius 1 is 1.26 bits per heavy atom. The molecule has 0 radical (unpaired) electrons. The number of hydrogen-bond acceptors (Lipinski definition) is 3. The SMILES string of the molecule is COc1ccc(SC(C)C(=O)NCCC(C)C)cc1. The highest BCUT2D eigenvalue weighted by atomic mass is 32.2. The monoisotopic (exact) mass is 281 g/mol. The van der Waals surface area contributed by atoms with E-state index in [1.807, 2.05) is 31.2 Å². The van der Waals surface area contributed by atoms with Crippen LogP contribution >= 0.6 is 11.8 Å². The highest BCUT2D eigenvalue weighted by molar-refractivity contribution is 8.00. The van der Waals surface area contributed by atoms with Gasteiger partial charge in [-0.1, -0.05) is 13.8 Å². The summed E-state index contributed by atoms with van der Waals surface area (Å²) in [6.45, 7) is 6.99. The topological polar surface area (TPSA) is 38.3 Å². The fourth-order valence-corrected chi connectivity index (χ4v) is 2.43. The van der Waals surface area contributed by atoms with E-state index < -0.39 is 0 Å². The van der Waals surface area contributed by atoms with E-state index >= 15 is 0 Å². The van der Waals surface area contributed by atoms with Gasteiger partial charge in [0.25, 0.3) is 0 Å². The molecule has 106 valence electrons. The van der Waals surface area contributed by atoms with Gasteiger partial charge in [-0.3, -0.25) is 4.79 Å². The van der Waals surface area contributed by atoms with E-state index in [-0.39, 0.29) is 11.2 Å². The molecular formula is C15H23NO2S. The van der Waals surface area contributed by atoms with Crippen molar-refractivity contribution in [3.63, 3.8) is 0 Å². The molecule has 1 unspecified atom stereocenters. The molecule has 0 heterocycles. The van der Waals surface area contributed by atoms with Crippen LogP contribution in [-0.2, 0) is 4.79 Å². The molecule has 1 aromatic carbocycles. The van der Waals surface area contributed by atoms with Crippen LogP contribution in [0.2, 0.25) is 0 Å². The molecule has 1 amide bonds. The minimum Gasteiger partial charge on any atom is -0.497 e. The Hall–Kier alpha value is -1.16. The Kier molecular flexibility index (Phi) is 6.78. The van der Waals surface area contributed by atoms with Crippen LogP contribution in [0.25, 0.3) is 0 Å². The lowest BCUT2D eigenvalue weighted by atomic mass is 10.1. The second-order valence-corrected chi connectivity index (χ2v) is 6.32. The lowest BCUT2D eigenvalue weighted by Gasteiger charge is -2.13. The first-order valence-electron chi connectivity index (χ1n) is 6.61. The van der Waals surface area contributed by atoms with Gasteiger partial charge in [-0.25, -0.2) is 0 Å². The van der Waals surface area contributed by atoms with Crippen LogP contribution in [0.1, 0.15) is 27.2 Å². The number of ether oxygens (including phenoxy) is 1. The largest absolute Gasteiger partial charge is 0.497 e. The molecule has 0 bridgehead atoms. The first-order chi connectivity index (χ1) is 9.02. The number of methoxy groups -OCH3 is 1. The minimum absolute atomic E-state index is 0.0828. The molecule has 0 fully saturated rings. The number of rotatable bonds is 7. The first-order valence-corrected chi connectivity index (χ1v) is 7.49. The van der Waals surface area contributed by atoms with E-state index in [2.05, 4.69) is 19.2 Å². The molecule has 0 spiro atoms. The van der Waals surface area contributed by atoms with Crippen LogP contribution in [0.3, 0.4) is 0 Å². The van der Waals surface area contributed by atoms with Gasteiger partial charge in [0, 0.05) is 11.4 Å². The van der Waals surface area contributed by atoms with Gasteiger partial charge in [0.1, 0.15) is 5.75 Å². The second kappa shape index (κ2) is 8.10. The van der Waals surface area contributed by atoms with Crippen molar-refractivity contribution in [2.75, 3.05) is 13.7 Å². The summed E-state index contributed by atoms with van der Waals surface area (Å²) in [6.07, 6.45) is 1.02. The third kappa shape index (κ3) is 6.01. The van der Waals surface area contributed by atoms with Crippen molar-refractivity contribution in [1.82, 2.24) is 5.32 Å². The number of thioether (sulfide) groups is 1. The van der Waals surface area contributed by atoms with Crippen molar-refractivity contribution >= 4 is 17.7 Å². The third-order valence-electron chi connectivity index (χ3n) is 2.76. The molecule has 0 aliphatic rings. The van der Waals surface area contributed by atoms with Crippen molar-refractivity contribution in [1.29, 1.82) is 0 Å². The average Bonchev–Trinajstić information content (AvgIpc) is 2.39. The van der Waals surface area contributed by atoms with E-state index in [9.17, 15) is 4.79 Å². The van der Waals surface area contributed by atoms with Gasteiger partial charge in [0.2, 0.25) is 5.91 Å². The Morgan fingerprint density at radius 2 is 1.89 bits per heavy atom. The number of hydrogen-bond donors (Lipinski definition) is 1. The van der Waals surface area contributed by atoms with Crippen LogP contribution in [0.4, 0.5) is 0 Å². The molecular weight excluding hydrogens is 258 g/mol. The standard InChI is InChI=1S/C15H23NO2S/c1-11(2)9-10-16-15(17)12(3)19-14-7-5-13(18-4)6-8-14/h5-8,11-12H,9-10H2,1-4H3,(H,16,17). The van der Waals surface area contributed by atoms with Gasteiger partial charge in [0.15, 0.2) is 0 Å². The Labute approximate surface area is 120 Å². The zero-order chi connectivity index (χ0) is 14.3. The summed E-state index contributed by atoms with van der Waals surface area (Å²) in [4.78, 5) is 13.0. The molecule has 0 aliphatic heterocycles. The smallest absolute Gasteiger partial charge is 0.233 e. The van der Waals surface area contributed by atoms with E-state index in [0.717, 1.165) is 23.6 Å². The highest BCUT2D eigenvalue weighted by Gasteiger charge is 2.13. The quantitative estimate of drug-likeness (QED) is 0.779. The van der Waals surface area contributed by atoms with Gasteiger partial charge in [-0.05, 0) is 43.5 Å². The summed E-state index contributed by atoms with van der Waals surface area (Å²) in [7, 11) is 1.65. The molecule has 0 aliphatic carbocycles. The van der Waals surface area contributed by atoms with E-state index in [1.54, 1.807) is 18.9 Å². The summed E-state index contributed by atoms with van der Waals surface area (Å²) in [5, 5.41) is 2.89. The predicted octanol–water partition coefficient (Wildman–Crippen LogP) is 3.34. The minimum atomic E-state index is -0.0828. The maximum absolute atomic E-state index is 11.9. The van der Waals surface area contributed by atoms with Crippen molar-refractivity contribution < 1.29 is 9.53 Å². The van der Waals surface area contributed by atoms with Gasteiger partial charge < -0.3 is 10.1 Å². The van der Waals surface area contributed by atoms with Crippen LogP contribution in [0, 0.1) is 5.92 Å². The molecule has 1 N–H and O–H groups in total. The number of nitrogens with one attached hydrogen (secondary N) is 1. The molecule has 1 aromatic rings. The number of benzene rings is 1. The summed E-state index contributed by atoms with van der Waals surface area (Å²) in [6, 6.07) is 7.76.